The van der Waals surface area contributed by atoms with Gasteiger partial charge in [-0.1, -0.05) is 148 Å². The van der Waals surface area contributed by atoms with Crippen LogP contribution in [0, 0.1) is 20.8 Å². The number of rotatable bonds is 14. The van der Waals surface area contributed by atoms with E-state index in [4.69, 9.17) is 0 Å². The summed E-state index contributed by atoms with van der Waals surface area (Å²) in [5.74, 6) is 0. The number of fused-ring (bicyclic) bond motifs is 4. The summed E-state index contributed by atoms with van der Waals surface area (Å²) in [6.07, 6.45) is 9.13. The Balaban J connectivity index is 0.00000215. The van der Waals surface area contributed by atoms with Crippen LogP contribution in [0.5, 0.6) is 0 Å². The first-order valence-electron chi connectivity index (χ1n) is 27.9. The Hall–Kier alpha value is -9.32. The zero-order valence-electron chi connectivity index (χ0n) is 46.7. The van der Waals surface area contributed by atoms with E-state index < -0.39 is 0 Å². The fourth-order valence-corrected chi connectivity index (χ4v) is 11.8. The highest BCUT2D eigenvalue weighted by molar-refractivity contribution is 5.99. The Morgan fingerprint density at radius 3 is 1.42 bits per heavy atom. The van der Waals surface area contributed by atoms with E-state index in [2.05, 4.69) is 308 Å². The summed E-state index contributed by atoms with van der Waals surface area (Å²) in [5, 5.41) is 6.15. The number of benzene rings is 9. The highest BCUT2D eigenvalue weighted by Gasteiger charge is 2.25. The van der Waals surface area contributed by atoms with E-state index in [9.17, 15) is 0 Å². The smallest absolute Gasteiger partial charge is 0.0539 e. The minimum absolute atomic E-state index is 0.802. The molecule has 0 atom stereocenters. The average molecular weight is 1030 g/mol. The summed E-state index contributed by atoms with van der Waals surface area (Å²) >= 11 is 0. The zero-order valence-corrected chi connectivity index (χ0v) is 46.7. The molecule has 5 heteroatoms. The van der Waals surface area contributed by atoms with Crippen molar-refractivity contribution < 1.29 is 0 Å². The maximum absolute atomic E-state index is 3.36. The molecule has 0 amide bonds. The van der Waals surface area contributed by atoms with Crippen molar-refractivity contribution in [1.29, 1.82) is 0 Å². The van der Waals surface area contributed by atoms with Crippen LogP contribution in [0.3, 0.4) is 0 Å². The van der Waals surface area contributed by atoms with Gasteiger partial charge in [0, 0.05) is 95.6 Å². The predicted molar refractivity (Wildman–Crippen MR) is 340 cm³/mol. The molecule has 0 fully saturated rings. The molecule has 12 aromatic rings. The number of aromatic nitrogens is 3. The molecule has 0 N–H and O–H groups in total. The molecule has 0 spiro atoms. The fourth-order valence-electron chi connectivity index (χ4n) is 11.8. The van der Waals surface area contributed by atoms with Gasteiger partial charge in [0.1, 0.15) is 0 Å². The fraction of sp³-hybridized carbons (Fsp3) is 0.135. The summed E-state index contributed by atoms with van der Waals surface area (Å²) in [6.45, 7) is 18.9. The van der Waals surface area contributed by atoms with E-state index in [-0.39, 0.29) is 0 Å². The van der Waals surface area contributed by atoms with Crippen molar-refractivity contribution in [3.05, 3.63) is 282 Å². The van der Waals surface area contributed by atoms with Gasteiger partial charge in [-0.25, -0.2) is 0 Å². The number of nitrogens with zero attached hydrogens (tertiary/aromatic N) is 5. The van der Waals surface area contributed by atoms with Crippen molar-refractivity contribution in [1.82, 2.24) is 13.7 Å². The molecule has 0 radical (unpaired) electrons. The van der Waals surface area contributed by atoms with Crippen molar-refractivity contribution in [3.63, 3.8) is 0 Å². The first-order chi connectivity index (χ1) is 38.8. The van der Waals surface area contributed by atoms with Crippen LogP contribution in [0.25, 0.3) is 72.7 Å². The summed E-state index contributed by atoms with van der Waals surface area (Å²) in [7, 11) is 0. The third kappa shape index (κ3) is 9.67. The highest BCUT2D eigenvalue weighted by Crippen LogP contribution is 2.43. The molecule has 5 nitrogen and oxygen atoms in total. The molecule has 12 rings (SSSR count). The normalized spacial score (nSPS) is 11.8. The van der Waals surface area contributed by atoms with Gasteiger partial charge in [-0.05, 0) is 179 Å². The van der Waals surface area contributed by atoms with Crippen molar-refractivity contribution >= 4 is 78.4 Å². The molecule has 0 saturated heterocycles. The lowest BCUT2D eigenvalue weighted by molar-refractivity contribution is 0.956. The van der Waals surface area contributed by atoms with Gasteiger partial charge in [0.25, 0.3) is 0 Å². The number of allylic oxidation sites excluding steroid dienone is 3. The Morgan fingerprint density at radius 2 is 0.861 bits per heavy atom. The monoisotopic (exact) mass is 1030 g/mol. The van der Waals surface area contributed by atoms with Crippen molar-refractivity contribution in [2.45, 2.75) is 67.7 Å². The quantitative estimate of drug-likeness (QED) is 0.101. The molecule has 0 bridgehead atoms. The van der Waals surface area contributed by atoms with Gasteiger partial charge in [0.05, 0.1) is 16.6 Å². The second kappa shape index (κ2) is 22.7. The topological polar surface area (TPSA) is 21.3 Å². The van der Waals surface area contributed by atoms with Gasteiger partial charge in [0.2, 0.25) is 0 Å². The molecule has 390 valence electrons. The summed E-state index contributed by atoms with van der Waals surface area (Å²) in [6, 6.07) is 81.9. The maximum atomic E-state index is 3.36. The van der Waals surface area contributed by atoms with Crippen molar-refractivity contribution in [3.8, 4) is 17.1 Å². The molecule has 3 aromatic heterocycles. The van der Waals surface area contributed by atoms with E-state index >= 15 is 0 Å². The maximum Gasteiger partial charge on any atom is 0.0539 e. The average Bonchev–Trinajstić information content (AvgIpc) is 4.07. The Kier molecular flexibility index (Phi) is 14.9. The van der Waals surface area contributed by atoms with Gasteiger partial charge in [0.15, 0.2) is 0 Å². The summed E-state index contributed by atoms with van der Waals surface area (Å²) < 4.78 is 7.32. The van der Waals surface area contributed by atoms with E-state index in [0.29, 0.717) is 0 Å². The Morgan fingerprint density at radius 1 is 0.405 bits per heavy atom. The van der Waals surface area contributed by atoms with Gasteiger partial charge < -0.3 is 23.5 Å². The van der Waals surface area contributed by atoms with E-state index in [1.807, 2.05) is 6.92 Å². The second-order valence-corrected chi connectivity index (χ2v) is 20.3. The molecule has 0 saturated carbocycles. The lowest BCUT2D eigenvalue weighted by atomic mass is 10.0. The first-order valence-corrected chi connectivity index (χ1v) is 27.9. The molecule has 0 aliphatic carbocycles. The highest BCUT2D eigenvalue weighted by atomic mass is 15.2. The molecular formula is C74H69N5. The largest absolute Gasteiger partial charge is 0.314 e. The van der Waals surface area contributed by atoms with Gasteiger partial charge >= 0.3 is 0 Å². The standard InChI is InChI=1S/C71H63N5.C3H6/c1-7-54(45-65-51(6)73(57-30-16-11-17-31-57)69-37-25-24-36-63(65)69)74(58-32-18-12-19-33-58)62-41-43-71-67(48-62)66(68(9-3)76(71)60-39-38-52-26-22-23-27-53(52)44-60)46-55(8-2)75(59-34-20-13-21-35-59)61-40-42-70-64(47-61)49(4)50(5)72(70)56-28-14-10-15-29-56;1-3-2/h10-48H,7-9H2,1-6H3;3H,1H2,2H3/b54-45+,55-46+;. The van der Waals surface area contributed by atoms with Gasteiger partial charge in [-0.15, -0.1) is 6.58 Å². The Bertz CT molecular complexity index is 4190. The molecule has 0 aliphatic rings. The van der Waals surface area contributed by atoms with Crippen molar-refractivity contribution in [2.75, 3.05) is 9.80 Å². The molecular weight excluding hydrogens is 959 g/mol. The van der Waals surface area contributed by atoms with Crippen LogP contribution in [0.2, 0.25) is 0 Å². The summed E-state index contributed by atoms with van der Waals surface area (Å²) in [4.78, 5) is 4.97. The van der Waals surface area contributed by atoms with Crippen LogP contribution < -0.4 is 9.80 Å². The van der Waals surface area contributed by atoms with Crippen LogP contribution in [0.15, 0.2) is 249 Å². The van der Waals surface area contributed by atoms with Crippen LogP contribution in [-0.2, 0) is 6.42 Å². The van der Waals surface area contributed by atoms with Crippen LogP contribution in [0.4, 0.5) is 22.7 Å². The van der Waals surface area contributed by atoms with Crippen LogP contribution in [-0.4, -0.2) is 13.7 Å². The van der Waals surface area contributed by atoms with Crippen LogP contribution >= 0.6 is 0 Å². The molecule has 9 aromatic carbocycles. The van der Waals surface area contributed by atoms with E-state index in [1.165, 1.54) is 94.3 Å². The SMILES string of the molecule is C=CC.CC/C(=C\c1c(CC)n(-c2ccc3ccccc3c2)c2ccc(N(/C(=C/c3c(C)n(-c4ccccc4)c4ccccc34)CC)c3ccccc3)cc12)N(c1ccccc1)c1ccc2c(c1)c(C)c(C)n2-c1ccccc1. The number of hydrogen-bond donors (Lipinski definition) is 0. The Labute approximate surface area is 466 Å². The lowest BCUT2D eigenvalue weighted by Gasteiger charge is -2.28. The summed E-state index contributed by atoms with van der Waals surface area (Å²) in [5.41, 5.74) is 21.5. The van der Waals surface area contributed by atoms with Crippen molar-refractivity contribution in [2.24, 2.45) is 0 Å². The van der Waals surface area contributed by atoms with E-state index in [0.717, 1.165) is 53.4 Å². The van der Waals surface area contributed by atoms with Gasteiger partial charge in [-0.3, -0.25) is 0 Å². The molecule has 79 heavy (non-hydrogen) atoms. The predicted octanol–water partition coefficient (Wildman–Crippen LogP) is 20.5. The minimum atomic E-state index is 0.802. The molecule has 0 unspecified atom stereocenters. The second-order valence-electron chi connectivity index (χ2n) is 20.3. The molecule has 3 heterocycles. The minimum Gasteiger partial charge on any atom is -0.314 e. The first kappa shape index (κ1) is 51.8. The van der Waals surface area contributed by atoms with E-state index in [1.54, 1.807) is 6.08 Å². The third-order valence-electron chi connectivity index (χ3n) is 15.6. The number of anilines is 4. The number of aryl methyl sites for hydroxylation is 1. The molecule has 0 aliphatic heterocycles. The lowest BCUT2D eigenvalue weighted by Crippen LogP contribution is -2.16. The third-order valence-corrected chi connectivity index (χ3v) is 15.6. The zero-order chi connectivity index (χ0) is 54.6. The van der Waals surface area contributed by atoms with Gasteiger partial charge in [-0.2, -0.15) is 0 Å². The van der Waals surface area contributed by atoms with Crippen LogP contribution in [0.1, 0.15) is 74.3 Å². The number of para-hydroxylation sites is 5. The number of hydrogen-bond acceptors (Lipinski definition) is 2.